The predicted octanol–water partition coefficient (Wildman–Crippen LogP) is 4.71. The predicted molar refractivity (Wildman–Crippen MR) is 116 cm³/mol. The van der Waals surface area contributed by atoms with Gasteiger partial charge in [-0.25, -0.2) is 0 Å². The second-order valence-corrected chi connectivity index (χ2v) is 8.25. The van der Waals surface area contributed by atoms with E-state index in [1.807, 2.05) is 36.4 Å². The molecule has 5 nitrogen and oxygen atoms in total. The number of halogens is 1. The third-order valence-corrected chi connectivity index (χ3v) is 6.49. The van der Waals surface area contributed by atoms with Gasteiger partial charge in [-0.15, -0.1) is 0 Å². The van der Waals surface area contributed by atoms with E-state index in [2.05, 4.69) is 11.0 Å². The highest BCUT2D eigenvalue weighted by Gasteiger charge is 2.38. The van der Waals surface area contributed by atoms with E-state index in [0.717, 1.165) is 43.5 Å². The maximum absolute atomic E-state index is 13.4. The first-order chi connectivity index (χ1) is 14.6. The third kappa shape index (κ3) is 4.14. The Bertz CT molecular complexity index is 903. The average molecular weight is 430 g/mol. The number of nitrogens with zero attached hydrogens (tertiary/aromatic N) is 1. The van der Waals surface area contributed by atoms with Gasteiger partial charge in [-0.05, 0) is 72.5 Å². The molecular weight excluding hydrogens is 402 g/mol. The van der Waals surface area contributed by atoms with Crippen molar-refractivity contribution in [3.05, 3.63) is 59.2 Å². The van der Waals surface area contributed by atoms with Crippen LogP contribution in [-0.4, -0.2) is 37.3 Å². The number of para-hydroxylation sites is 1. The molecule has 0 bridgehead atoms. The summed E-state index contributed by atoms with van der Waals surface area (Å²) in [6.07, 6.45) is 4.55. The minimum Gasteiger partial charge on any atom is -0.496 e. The molecule has 2 aliphatic rings. The Kier molecular flexibility index (Phi) is 6.49. The van der Waals surface area contributed by atoms with Crippen molar-refractivity contribution < 1.29 is 19.0 Å². The van der Waals surface area contributed by atoms with Gasteiger partial charge >= 0.3 is 0 Å². The highest BCUT2D eigenvalue weighted by molar-refractivity contribution is 6.18. The molecule has 1 fully saturated rings. The van der Waals surface area contributed by atoms with Crippen LogP contribution in [0.1, 0.15) is 42.0 Å². The number of ether oxygens (including phenoxy) is 3. The van der Waals surface area contributed by atoms with Crippen molar-refractivity contribution in [1.29, 1.82) is 0 Å². The van der Waals surface area contributed by atoms with E-state index in [-0.39, 0.29) is 17.9 Å². The standard InChI is InChI=1S/C24H28ClNO4/c1-28-22-12-6-8-18-19(22)9-5-10-20(18)26-14-13-17(23(26)27)15-16-7-3-4-11-21(16)30-24(25)29-2/h3-4,6-8,11-12,17,20,24H,5,9-10,13-15H2,1-2H3. The number of carbonyl (C=O) groups excluding carboxylic acids is 1. The fourth-order valence-corrected chi connectivity index (χ4v) is 4.86. The second kappa shape index (κ2) is 9.27. The molecule has 3 unspecified atom stereocenters. The Labute approximate surface area is 182 Å². The summed E-state index contributed by atoms with van der Waals surface area (Å²) in [5.74, 6) is 0.913. The van der Waals surface area contributed by atoms with Crippen molar-refractivity contribution in [2.75, 3.05) is 20.8 Å². The summed E-state index contributed by atoms with van der Waals surface area (Å²) in [5.41, 5.74) is 3.47. The van der Waals surface area contributed by atoms with Gasteiger partial charge in [0.05, 0.1) is 13.2 Å². The molecule has 1 heterocycles. The number of amides is 1. The maximum atomic E-state index is 13.4. The van der Waals surface area contributed by atoms with E-state index < -0.39 is 5.75 Å². The van der Waals surface area contributed by atoms with Crippen LogP contribution in [-0.2, 0) is 22.4 Å². The Morgan fingerprint density at radius 2 is 1.90 bits per heavy atom. The normalized spacial score (nSPS) is 22.0. The monoisotopic (exact) mass is 429 g/mol. The first-order valence-electron chi connectivity index (χ1n) is 10.5. The number of hydrogen-bond donors (Lipinski definition) is 0. The molecule has 0 saturated carbocycles. The Balaban J connectivity index is 1.51. The van der Waals surface area contributed by atoms with Gasteiger partial charge in [0.15, 0.2) is 0 Å². The second-order valence-electron chi connectivity index (χ2n) is 7.89. The van der Waals surface area contributed by atoms with E-state index in [1.165, 1.54) is 18.2 Å². The average Bonchev–Trinajstić information content (AvgIpc) is 3.14. The molecule has 30 heavy (non-hydrogen) atoms. The zero-order valence-corrected chi connectivity index (χ0v) is 18.2. The highest BCUT2D eigenvalue weighted by Crippen LogP contribution is 2.41. The number of alkyl halides is 1. The van der Waals surface area contributed by atoms with Crippen LogP contribution in [0.15, 0.2) is 42.5 Å². The van der Waals surface area contributed by atoms with Gasteiger partial charge in [-0.2, -0.15) is 0 Å². The lowest BCUT2D eigenvalue weighted by molar-refractivity contribution is -0.133. The fourth-order valence-electron chi connectivity index (χ4n) is 4.77. The Morgan fingerprint density at radius 1 is 1.10 bits per heavy atom. The van der Waals surface area contributed by atoms with Gasteiger partial charge in [0, 0.05) is 19.6 Å². The summed E-state index contributed by atoms with van der Waals surface area (Å²) in [4.78, 5) is 15.4. The van der Waals surface area contributed by atoms with Gasteiger partial charge < -0.3 is 19.1 Å². The first kappa shape index (κ1) is 21.0. The summed E-state index contributed by atoms with van der Waals surface area (Å²) in [6.45, 7) is 0.782. The Hall–Kier alpha value is -2.24. The number of carbonyl (C=O) groups is 1. The molecule has 0 radical (unpaired) electrons. The number of likely N-dealkylation sites (tertiary alicyclic amines) is 1. The van der Waals surface area contributed by atoms with Crippen LogP contribution in [0.5, 0.6) is 11.5 Å². The largest absolute Gasteiger partial charge is 0.496 e. The summed E-state index contributed by atoms with van der Waals surface area (Å²) >= 11 is 5.98. The summed E-state index contributed by atoms with van der Waals surface area (Å²) in [5, 5.41) is 0. The summed E-state index contributed by atoms with van der Waals surface area (Å²) < 4.78 is 16.2. The molecule has 160 valence electrons. The molecule has 1 amide bonds. The maximum Gasteiger partial charge on any atom is 0.279 e. The van der Waals surface area contributed by atoms with Gasteiger partial charge in [-0.1, -0.05) is 30.3 Å². The Morgan fingerprint density at radius 3 is 2.70 bits per heavy atom. The molecule has 4 rings (SSSR count). The number of fused-ring (bicyclic) bond motifs is 1. The van der Waals surface area contributed by atoms with Crippen molar-refractivity contribution >= 4 is 17.5 Å². The van der Waals surface area contributed by atoms with Crippen LogP contribution >= 0.6 is 11.6 Å². The summed E-state index contributed by atoms with van der Waals surface area (Å²) in [7, 11) is 3.21. The minimum absolute atomic E-state index is 0.0537. The smallest absolute Gasteiger partial charge is 0.279 e. The molecule has 1 saturated heterocycles. The molecule has 0 N–H and O–H groups in total. The molecule has 1 aliphatic heterocycles. The zero-order chi connectivity index (χ0) is 21.1. The molecule has 0 aromatic heterocycles. The molecule has 6 heteroatoms. The lowest BCUT2D eigenvalue weighted by Gasteiger charge is -2.34. The van der Waals surface area contributed by atoms with Crippen LogP contribution < -0.4 is 9.47 Å². The molecule has 1 aliphatic carbocycles. The van der Waals surface area contributed by atoms with Gasteiger partial charge in [0.25, 0.3) is 5.75 Å². The number of benzene rings is 2. The number of methoxy groups -OCH3 is 2. The van der Waals surface area contributed by atoms with Crippen LogP contribution in [0.2, 0.25) is 0 Å². The molecule has 2 aromatic carbocycles. The molecule has 0 spiro atoms. The molecule has 3 atom stereocenters. The van der Waals surface area contributed by atoms with Crippen LogP contribution in [0.3, 0.4) is 0 Å². The van der Waals surface area contributed by atoms with Crippen molar-refractivity contribution in [2.24, 2.45) is 5.92 Å². The van der Waals surface area contributed by atoms with E-state index in [9.17, 15) is 4.79 Å². The highest BCUT2D eigenvalue weighted by atomic mass is 35.5. The van der Waals surface area contributed by atoms with Gasteiger partial charge in [0.1, 0.15) is 11.5 Å². The van der Waals surface area contributed by atoms with Crippen molar-refractivity contribution in [3.8, 4) is 11.5 Å². The summed E-state index contributed by atoms with van der Waals surface area (Å²) in [6, 6.07) is 14.0. The van der Waals surface area contributed by atoms with Gasteiger partial charge in [0.2, 0.25) is 5.91 Å². The van der Waals surface area contributed by atoms with Crippen LogP contribution in [0, 0.1) is 5.92 Å². The lowest BCUT2D eigenvalue weighted by atomic mass is 9.86. The lowest BCUT2D eigenvalue weighted by Crippen LogP contribution is -2.34. The quantitative estimate of drug-likeness (QED) is 0.472. The third-order valence-electron chi connectivity index (χ3n) is 6.22. The van der Waals surface area contributed by atoms with Crippen molar-refractivity contribution in [2.45, 2.75) is 43.9 Å². The van der Waals surface area contributed by atoms with Crippen molar-refractivity contribution in [1.82, 2.24) is 4.90 Å². The van der Waals surface area contributed by atoms with E-state index in [4.69, 9.17) is 25.8 Å². The molecule has 2 aromatic rings. The van der Waals surface area contributed by atoms with E-state index >= 15 is 0 Å². The van der Waals surface area contributed by atoms with Gasteiger partial charge in [-0.3, -0.25) is 4.79 Å². The van der Waals surface area contributed by atoms with Crippen LogP contribution in [0.25, 0.3) is 0 Å². The first-order valence-corrected chi connectivity index (χ1v) is 10.9. The van der Waals surface area contributed by atoms with E-state index in [0.29, 0.717) is 12.2 Å². The van der Waals surface area contributed by atoms with Crippen molar-refractivity contribution in [3.63, 3.8) is 0 Å². The van der Waals surface area contributed by atoms with Crippen LogP contribution in [0.4, 0.5) is 0 Å². The van der Waals surface area contributed by atoms with E-state index in [1.54, 1.807) is 7.11 Å². The zero-order valence-electron chi connectivity index (χ0n) is 17.5. The fraction of sp³-hybridized carbons (Fsp3) is 0.458. The minimum atomic E-state index is -0.851. The molecular formula is C24H28ClNO4. The number of hydrogen-bond acceptors (Lipinski definition) is 4. The number of rotatable bonds is 7. The SMILES string of the molecule is COc1cccc2c1CCCC2N1CCC(Cc2ccccc2OC(Cl)OC)C1=O. The topological polar surface area (TPSA) is 48.0 Å².